The topological polar surface area (TPSA) is 61.4 Å². The van der Waals surface area contributed by atoms with Crippen LogP contribution in [0.3, 0.4) is 0 Å². The number of nitrogens with one attached hydrogen (secondary N) is 2. The minimum absolute atomic E-state index is 0.00601. The van der Waals surface area contributed by atoms with E-state index in [4.69, 9.17) is 0 Å². The molecular weight excluding hydrogens is 254 g/mol. The molecule has 5 nitrogen and oxygen atoms in total. The molecule has 106 valence electrons. The van der Waals surface area contributed by atoms with Crippen LogP contribution < -0.4 is 10.6 Å². The van der Waals surface area contributed by atoms with Crippen molar-refractivity contribution in [2.75, 3.05) is 18.4 Å². The van der Waals surface area contributed by atoms with E-state index in [1.165, 1.54) is 0 Å². The molecule has 2 N–H and O–H groups in total. The highest BCUT2D eigenvalue weighted by atomic mass is 16.2. The number of fused-ring (bicyclic) bond motifs is 1. The van der Waals surface area contributed by atoms with Crippen LogP contribution in [0, 0.1) is 0 Å². The van der Waals surface area contributed by atoms with Crippen LogP contribution in [0.4, 0.5) is 5.69 Å². The Balaban J connectivity index is 1.87. The summed E-state index contributed by atoms with van der Waals surface area (Å²) in [5, 5.41) is 6.11. The van der Waals surface area contributed by atoms with Crippen molar-refractivity contribution in [3.63, 3.8) is 0 Å². The molecule has 1 saturated heterocycles. The van der Waals surface area contributed by atoms with Gasteiger partial charge in [0.15, 0.2) is 0 Å². The van der Waals surface area contributed by atoms with Crippen molar-refractivity contribution in [3.8, 4) is 0 Å². The van der Waals surface area contributed by atoms with Crippen molar-refractivity contribution in [3.05, 3.63) is 29.3 Å². The van der Waals surface area contributed by atoms with Gasteiger partial charge in [0, 0.05) is 36.4 Å². The first kappa shape index (κ1) is 13.1. The average molecular weight is 273 g/mol. The molecule has 2 aliphatic heterocycles. The number of rotatable bonds is 1. The van der Waals surface area contributed by atoms with Gasteiger partial charge in [-0.1, -0.05) is 0 Å². The van der Waals surface area contributed by atoms with E-state index in [0.717, 1.165) is 24.3 Å². The van der Waals surface area contributed by atoms with Crippen LogP contribution in [-0.2, 0) is 11.2 Å². The van der Waals surface area contributed by atoms with Gasteiger partial charge in [-0.2, -0.15) is 0 Å². The highest BCUT2D eigenvalue weighted by Gasteiger charge is 2.30. The predicted molar refractivity (Wildman–Crippen MR) is 76.7 cm³/mol. The first-order chi connectivity index (χ1) is 9.56. The Kier molecular flexibility index (Phi) is 3.22. The second-order valence-corrected chi connectivity index (χ2v) is 5.67. The number of hydrogen-bond donors (Lipinski definition) is 2. The Morgan fingerprint density at radius 3 is 2.65 bits per heavy atom. The van der Waals surface area contributed by atoms with Gasteiger partial charge in [0.25, 0.3) is 5.91 Å². The first-order valence-corrected chi connectivity index (χ1v) is 7.02. The molecule has 2 amide bonds. The van der Waals surface area contributed by atoms with E-state index in [2.05, 4.69) is 24.5 Å². The lowest BCUT2D eigenvalue weighted by molar-refractivity contribution is -0.115. The molecule has 2 heterocycles. The molecule has 1 fully saturated rings. The second-order valence-electron chi connectivity index (χ2n) is 5.67. The van der Waals surface area contributed by atoms with E-state index in [-0.39, 0.29) is 23.9 Å². The molecule has 0 radical (unpaired) electrons. The summed E-state index contributed by atoms with van der Waals surface area (Å²) in [7, 11) is 0. The van der Waals surface area contributed by atoms with Gasteiger partial charge in [-0.15, -0.1) is 0 Å². The smallest absolute Gasteiger partial charge is 0.254 e. The van der Waals surface area contributed by atoms with Crippen LogP contribution in [-0.4, -0.2) is 41.9 Å². The maximum atomic E-state index is 12.7. The largest absolute Gasteiger partial charge is 0.331 e. The third kappa shape index (κ3) is 2.18. The number of nitrogens with zero attached hydrogens (tertiary/aromatic N) is 1. The summed E-state index contributed by atoms with van der Waals surface area (Å²) in [6.07, 6.45) is 0.364. The summed E-state index contributed by atoms with van der Waals surface area (Å²) < 4.78 is 0. The van der Waals surface area contributed by atoms with Gasteiger partial charge in [-0.3, -0.25) is 9.59 Å². The fourth-order valence-electron chi connectivity index (χ4n) is 3.04. The molecule has 0 aromatic heterocycles. The molecule has 1 aromatic rings. The van der Waals surface area contributed by atoms with Crippen LogP contribution in [0.25, 0.3) is 0 Å². The Morgan fingerprint density at radius 2 is 1.95 bits per heavy atom. The Bertz CT molecular complexity index is 560. The SMILES string of the molecule is CC1CNCC(C)N1C(=O)c1ccc2c(c1)CC(=O)N2. The van der Waals surface area contributed by atoms with Gasteiger partial charge < -0.3 is 15.5 Å². The molecule has 5 heteroatoms. The second kappa shape index (κ2) is 4.90. The van der Waals surface area contributed by atoms with Crippen molar-refractivity contribution in [1.29, 1.82) is 0 Å². The molecule has 2 aliphatic rings. The highest BCUT2D eigenvalue weighted by Crippen LogP contribution is 2.25. The van der Waals surface area contributed by atoms with Crippen LogP contribution >= 0.6 is 0 Å². The van der Waals surface area contributed by atoms with Gasteiger partial charge in [-0.05, 0) is 37.6 Å². The monoisotopic (exact) mass is 273 g/mol. The summed E-state index contributed by atoms with van der Waals surface area (Å²) in [4.78, 5) is 26.0. The maximum Gasteiger partial charge on any atom is 0.254 e. The van der Waals surface area contributed by atoms with Gasteiger partial charge >= 0.3 is 0 Å². The van der Waals surface area contributed by atoms with Crippen molar-refractivity contribution in [1.82, 2.24) is 10.2 Å². The molecule has 0 spiro atoms. The molecule has 2 atom stereocenters. The number of benzene rings is 1. The van der Waals surface area contributed by atoms with Gasteiger partial charge in [0.1, 0.15) is 0 Å². The van der Waals surface area contributed by atoms with E-state index in [1.54, 1.807) is 6.07 Å². The first-order valence-electron chi connectivity index (χ1n) is 7.02. The minimum Gasteiger partial charge on any atom is -0.331 e. The normalized spacial score (nSPS) is 25.3. The van der Waals surface area contributed by atoms with Gasteiger partial charge in [-0.25, -0.2) is 0 Å². The molecule has 2 unspecified atom stereocenters. The van der Waals surface area contributed by atoms with Gasteiger partial charge in [0.05, 0.1) is 6.42 Å². The number of carbonyl (C=O) groups is 2. The summed E-state index contributed by atoms with van der Waals surface area (Å²) in [6, 6.07) is 5.83. The zero-order chi connectivity index (χ0) is 14.3. The molecular formula is C15H19N3O2. The molecule has 20 heavy (non-hydrogen) atoms. The number of anilines is 1. The van der Waals surface area contributed by atoms with E-state index < -0.39 is 0 Å². The summed E-state index contributed by atoms with van der Waals surface area (Å²) >= 11 is 0. The minimum atomic E-state index is -0.00601. The number of piperazine rings is 1. The fraction of sp³-hybridized carbons (Fsp3) is 0.467. The standard InChI is InChI=1S/C15H19N3O2/c1-9-7-16-8-10(2)18(9)15(20)11-3-4-13-12(5-11)6-14(19)17-13/h3-5,9-10,16H,6-8H2,1-2H3,(H,17,19). The van der Waals surface area contributed by atoms with Crippen LogP contribution in [0.1, 0.15) is 29.8 Å². The molecule has 0 saturated carbocycles. The van der Waals surface area contributed by atoms with Crippen LogP contribution in [0.5, 0.6) is 0 Å². The molecule has 0 bridgehead atoms. The maximum absolute atomic E-state index is 12.7. The van der Waals surface area contributed by atoms with Crippen LogP contribution in [0.2, 0.25) is 0 Å². The molecule has 1 aromatic carbocycles. The zero-order valence-electron chi connectivity index (χ0n) is 11.8. The highest BCUT2D eigenvalue weighted by molar-refractivity contribution is 6.01. The zero-order valence-corrected chi connectivity index (χ0v) is 11.8. The summed E-state index contributed by atoms with van der Waals surface area (Å²) in [5.41, 5.74) is 2.41. The quantitative estimate of drug-likeness (QED) is 0.802. The molecule has 0 aliphatic carbocycles. The summed E-state index contributed by atoms with van der Waals surface area (Å²) in [6.45, 7) is 5.75. The number of amides is 2. The number of carbonyl (C=O) groups excluding carboxylic acids is 2. The lowest BCUT2D eigenvalue weighted by Crippen LogP contribution is -2.57. The Labute approximate surface area is 118 Å². The van der Waals surface area contributed by atoms with Crippen molar-refractivity contribution >= 4 is 17.5 Å². The average Bonchev–Trinajstić information content (AvgIpc) is 2.77. The number of hydrogen-bond acceptors (Lipinski definition) is 3. The predicted octanol–water partition coefficient (Wildman–Crippen LogP) is 1.00. The van der Waals surface area contributed by atoms with Crippen molar-refractivity contribution in [2.24, 2.45) is 0 Å². The lowest BCUT2D eigenvalue weighted by Gasteiger charge is -2.39. The van der Waals surface area contributed by atoms with E-state index in [1.807, 2.05) is 17.0 Å². The lowest BCUT2D eigenvalue weighted by atomic mass is 10.0. The van der Waals surface area contributed by atoms with E-state index in [9.17, 15) is 9.59 Å². The Hall–Kier alpha value is -1.88. The third-order valence-corrected chi connectivity index (χ3v) is 4.04. The van der Waals surface area contributed by atoms with E-state index >= 15 is 0 Å². The van der Waals surface area contributed by atoms with Crippen LogP contribution in [0.15, 0.2) is 18.2 Å². The van der Waals surface area contributed by atoms with Crippen molar-refractivity contribution < 1.29 is 9.59 Å². The van der Waals surface area contributed by atoms with Crippen molar-refractivity contribution in [2.45, 2.75) is 32.4 Å². The fourth-order valence-corrected chi connectivity index (χ4v) is 3.04. The van der Waals surface area contributed by atoms with E-state index in [0.29, 0.717) is 12.0 Å². The Morgan fingerprint density at radius 1 is 1.25 bits per heavy atom. The third-order valence-electron chi connectivity index (χ3n) is 4.04. The summed E-state index contributed by atoms with van der Waals surface area (Å²) in [5.74, 6) is 0.0437. The molecule has 3 rings (SSSR count). The van der Waals surface area contributed by atoms with Gasteiger partial charge in [0.2, 0.25) is 5.91 Å².